The van der Waals surface area contributed by atoms with Gasteiger partial charge in [0.1, 0.15) is 0 Å². The van der Waals surface area contributed by atoms with E-state index in [0.29, 0.717) is 12.1 Å². The predicted octanol–water partition coefficient (Wildman–Crippen LogP) is 3.65. The van der Waals surface area contributed by atoms with Crippen molar-refractivity contribution in [1.82, 2.24) is 10.2 Å². The van der Waals surface area contributed by atoms with Crippen molar-refractivity contribution < 1.29 is 9.59 Å². The first-order valence-corrected chi connectivity index (χ1v) is 10.7. The fraction of sp³-hybridized carbons (Fsp3) is 0.364. The molecule has 146 valence electrons. The molecule has 28 heavy (non-hydrogen) atoms. The minimum atomic E-state index is -0.128. The minimum absolute atomic E-state index is 0.0223. The van der Waals surface area contributed by atoms with Crippen molar-refractivity contribution in [2.75, 3.05) is 18.4 Å². The van der Waals surface area contributed by atoms with Crippen LogP contribution in [-0.2, 0) is 17.9 Å². The number of thioether (sulfide) groups is 1. The van der Waals surface area contributed by atoms with Gasteiger partial charge in [-0.2, -0.15) is 0 Å². The number of anilines is 1. The fourth-order valence-electron chi connectivity index (χ4n) is 3.69. The molecule has 2 amide bonds. The third kappa shape index (κ3) is 4.23. The van der Waals surface area contributed by atoms with E-state index in [1.165, 1.54) is 30.2 Å². The summed E-state index contributed by atoms with van der Waals surface area (Å²) in [4.78, 5) is 28.0. The monoisotopic (exact) mass is 395 g/mol. The molecule has 0 unspecified atom stereocenters. The van der Waals surface area contributed by atoms with Crippen LogP contribution in [0.15, 0.2) is 47.4 Å². The maximum Gasteiger partial charge on any atom is 0.251 e. The summed E-state index contributed by atoms with van der Waals surface area (Å²) in [5.41, 5.74) is 3.70. The molecule has 2 aliphatic rings. The minimum Gasteiger partial charge on any atom is -0.348 e. The van der Waals surface area contributed by atoms with E-state index in [9.17, 15) is 9.59 Å². The van der Waals surface area contributed by atoms with Crippen LogP contribution in [0.1, 0.15) is 41.3 Å². The van der Waals surface area contributed by atoms with Crippen LogP contribution in [0.25, 0.3) is 0 Å². The Balaban J connectivity index is 1.42. The van der Waals surface area contributed by atoms with Crippen LogP contribution in [-0.4, -0.2) is 35.1 Å². The molecule has 0 aliphatic carbocycles. The molecule has 1 fully saturated rings. The number of likely N-dealkylation sites (tertiary alicyclic amines) is 1. The van der Waals surface area contributed by atoms with Crippen LogP contribution < -0.4 is 10.6 Å². The van der Waals surface area contributed by atoms with Crippen molar-refractivity contribution in [1.29, 1.82) is 0 Å². The molecule has 2 aliphatic heterocycles. The van der Waals surface area contributed by atoms with E-state index in [4.69, 9.17) is 0 Å². The topological polar surface area (TPSA) is 61.4 Å². The van der Waals surface area contributed by atoms with Crippen LogP contribution in [0.5, 0.6) is 0 Å². The molecule has 0 spiro atoms. The zero-order chi connectivity index (χ0) is 19.5. The van der Waals surface area contributed by atoms with Gasteiger partial charge in [0, 0.05) is 23.5 Å². The van der Waals surface area contributed by atoms with E-state index in [-0.39, 0.29) is 17.1 Å². The lowest BCUT2D eigenvalue weighted by Gasteiger charge is -2.21. The standard InChI is InChI=1S/C22H25N3O2S/c1-15-21(26)24-19-12-16(8-9-20(19)28-15)22(27)23-13-17-6-2-3-7-18(17)14-25-10-4-5-11-25/h2-3,6-9,12,15H,4-5,10-11,13-14H2,1H3,(H,23,27)(H,24,26)/t15-/m1/s1. The van der Waals surface area contributed by atoms with Crippen LogP contribution in [0, 0.1) is 0 Å². The molecule has 2 N–H and O–H groups in total. The number of hydrogen-bond acceptors (Lipinski definition) is 4. The molecule has 0 bridgehead atoms. The van der Waals surface area contributed by atoms with Crippen LogP contribution in [0.3, 0.4) is 0 Å². The highest BCUT2D eigenvalue weighted by Crippen LogP contribution is 2.35. The summed E-state index contributed by atoms with van der Waals surface area (Å²) in [6, 6.07) is 13.8. The van der Waals surface area contributed by atoms with Crippen molar-refractivity contribution in [3.05, 3.63) is 59.2 Å². The van der Waals surface area contributed by atoms with Gasteiger partial charge in [-0.1, -0.05) is 24.3 Å². The summed E-state index contributed by atoms with van der Waals surface area (Å²) in [5.74, 6) is -0.150. The van der Waals surface area contributed by atoms with Gasteiger partial charge in [0.15, 0.2) is 0 Å². The van der Waals surface area contributed by atoms with Gasteiger partial charge in [-0.25, -0.2) is 0 Å². The zero-order valence-corrected chi connectivity index (χ0v) is 16.8. The molecule has 1 atom stereocenters. The number of rotatable bonds is 5. The van der Waals surface area contributed by atoms with E-state index >= 15 is 0 Å². The smallest absolute Gasteiger partial charge is 0.251 e. The SMILES string of the molecule is C[C@H]1Sc2ccc(C(=O)NCc3ccccc3CN3CCCC3)cc2NC1=O. The second kappa shape index (κ2) is 8.37. The molecule has 2 aromatic carbocycles. The fourth-order valence-corrected chi connectivity index (χ4v) is 4.62. The second-order valence-corrected chi connectivity index (χ2v) is 8.78. The number of nitrogens with one attached hydrogen (secondary N) is 2. The van der Waals surface area contributed by atoms with Gasteiger partial charge in [-0.15, -0.1) is 11.8 Å². The molecular weight excluding hydrogens is 370 g/mol. The highest BCUT2D eigenvalue weighted by Gasteiger charge is 2.23. The van der Waals surface area contributed by atoms with Crippen LogP contribution in [0.4, 0.5) is 5.69 Å². The van der Waals surface area contributed by atoms with Gasteiger partial charge >= 0.3 is 0 Å². The summed E-state index contributed by atoms with van der Waals surface area (Å²) in [6.45, 7) is 5.61. The number of hydrogen-bond donors (Lipinski definition) is 2. The molecular formula is C22H25N3O2S. The van der Waals surface area contributed by atoms with E-state index < -0.39 is 0 Å². The highest BCUT2D eigenvalue weighted by atomic mass is 32.2. The Bertz CT molecular complexity index is 893. The van der Waals surface area contributed by atoms with Crippen molar-refractivity contribution >= 4 is 29.3 Å². The number of carbonyl (C=O) groups excluding carboxylic acids is 2. The van der Waals surface area contributed by atoms with Crippen molar-refractivity contribution in [2.45, 2.75) is 43.0 Å². The predicted molar refractivity (Wildman–Crippen MR) is 113 cm³/mol. The molecule has 4 rings (SSSR count). The Morgan fingerprint density at radius 2 is 1.93 bits per heavy atom. The quantitative estimate of drug-likeness (QED) is 0.811. The maximum atomic E-state index is 12.7. The summed E-state index contributed by atoms with van der Waals surface area (Å²) < 4.78 is 0. The van der Waals surface area contributed by atoms with Crippen LogP contribution >= 0.6 is 11.8 Å². The van der Waals surface area contributed by atoms with E-state index in [1.807, 2.05) is 25.1 Å². The lowest BCUT2D eigenvalue weighted by Crippen LogP contribution is -2.28. The molecule has 6 heteroatoms. The number of nitrogens with zero attached hydrogens (tertiary/aromatic N) is 1. The highest BCUT2D eigenvalue weighted by molar-refractivity contribution is 8.00. The number of amides is 2. The average molecular weight is 396 g/mol. The second-order valence-electron chi connectivity index (χ2n) is 7.39. The lowest BCUT2D eigenvalue weighted by molar-refractivity contribution is -0.115. The molecule has 2 heterocycles. The third-order valence-electron chi connectivity index (χ3n) is 5.32. The van der Waals surface area contributed by atoms with Crippen molar-refractivity contribution in [3.63, 3.8) is 0 Å². The third-order valence-corrected chi connectivity index (χ3v) is 6.50. The number of benzene rings is 2. The average Bonchev–Trinajstić information content (AvgIpc) is 3.21. The lowest BCUT2D eigenvalue weighted by atomic mass is 10.1. The first-order chi connectivity index (χ1) is 13.6. The van der Waals surface area contributed by atoms with E-state index in [1.54, 1.807) is 6.07 Å². The van der Waals surface area contributed by atoms with Crippen molar-refractivity contribution in [3.8, 4) is 0 Å². The Morgan fingerprint density at radius 1 is 1.18 bits per heavy atom. The molecule has 1 saturated heterocycles. The summed E-state index contributed by atoms with van der Waals surface area (Å²) in [7, 11) is 0. The van der Waals surface area contributed by atoms with Gasteiger partial charge in [-0.05, 0) is 62.2 Å². The zero-order valence-electron chi connectivity index (χ0n) is 16.0. The van der Waals surface area contributed by atoms with Gasteiger partial charge in [-0.3, -0.25) is 14.5 Å². The van der Waals surface area contributed by atoms with Gasteiger partial charge in [0.05, 0.1) is 10.9 Å². The Morgan fingerprint density at radius 3 is 2.71 bits per heavy atom. The van der Waals surface area contributed by atoms with Crippen molar-refractivity contribution in [2.24, 2.45) is 0 Å². The first kappa shape index (κ1) is 19.0. The molecule has 0 saturated carbocycles. The molecule has 0 aromatic heterocycles. The van der Waals surface area contributed by atoms with Gasteiger partial charge in [0.25, 0.3) is 5.91 Å². The number of fused-ring (bicyclic) bond motifs is 1. The maximum absolute atomic E-state index is 12.7. The normalized spacial score (nSPS) is 19.2. The summed E-state index contributed by atoms with van der Waals surface area (Å²) >= 11 is 1.52. The number of carbonyl (C=O) groups is 2. The van der Waals surface area contributed by atoms with Crippen LogP contribution in [0.2, 0.25) is 0 Å². The molecule has 5 nitrogen and oxygen atoms in total. The van der Waals surface area contributed by atoms with Gasteiger partial charge < -0.3 is 10.6 Å². The first-order valence-electron chi connectivity index (χ1n) is 9.79. The van der Waals surface area contributed by atoms with Gasteiger partial charge in [0.2, 0.25) is 5.91 Å². The van der Waals surface area contributed by atoms with E-state index in [2.05, 4.69) is 33.7 Å². The summed E-state index contributed by atoms with van der Waals surface area (Å²) in [6.07, 6.45) is 2.54. The Hall–Kier alpha value is -2.31. The van der Waals surface area contributed by atoms with E-state index in [0.717, 1.165) is 35.8 Å². The largest absolute Gasteiger partial charge is 0.348 e. The molecule has 0 radical (unpaired) electrons. The molecule has 2 aromatic rings. The Kier molecular flexibility index (Phi) is 5.69. The Labute approximate surface area is 169 Å². The summed E-state index contributed by atoms with van der Waals surface area (Å²) in [5, 5.41) is 5.80.